The third-order valence-corrected chi connectivity index (χ3v) is 3.17. The number of benzene rings is 1. The quantitative estimate of drug-likeness (QED) is 0.827. The van der Waals surface area contributed by atoms with Crippen molar-refractivity contribution in [2.45, 2.75) is 25.9 Å². The number of hydrogen-bond acceptors (Lipinski definition) is 3. The molecule has 0 radical (unpaired) electrons. The smallest absolute Gasteiger partial charge is 0.248 e. The molecule has 0 unspecified atom stereocenters. The van der Waals surface area contributed by atoms with Gasteiger partial charge in [0.1, 0.15) is 5.82 Å². The van der Waals surface area contributed by atoms with Crippen molar-refractivity contribution in [1.29, 1.82) is 0 Å². The molecular formula is C13H19FN2O2. The molecule has 0 fully saturated rings. The van der Waals surface area contributed by atoms with Crippen molar-refractivity contribution in [3.05, 3.63) is 35.1 Å². The highest BCUT2D eigenvalue weighted by Crippen LogP contribution is 2.18. The Hall–Kier alpha value is -1.46. The summed E-state index contributed by atoms with van der Waals surface area (Å²) in [5.41, 5.74) is 5.26. The van der Waals surface area contributed by atoms with Crippen molar-refractivity contribution in [3.63, 3.8) is 0 Å². The molecule has 3 N–H and O–H groups in total. The molecule has 1 amide bonds. The van der Waals surface area contributed by atoms with Crippen LogP contribution in [0.5, 0.6) is 0 Å². The molecule has 5 heteroatoms. The van der Waals surface area contributed by atoms with Crippen LogP contribution in [-0.2, 0) is 6.54 Å². The van der Waals surface area contributed by atoms with Gasteiger partial charge in [-0.1, -0.05) is 6.07 Å². The van der Waals surface area contributed by atoms with Crippen LogP contribution in [0.4, 0.5) is 4.39 Å². The maximum Gasteiger partial charge on any atom is 0.248 e. The number of amides is 1. The minimum absolute atomic E-state index is 0.0233. The molecule has 1 rings (SSSR count). The molecule has 1 aromatic rings. The van der Waals surface area contributed by atoms with Gasteiger partial charge in [-0.25, -0.2) is 4.39 Å². The van der Waals surface area contributed by atoms with E-state index < -0.39 is 17.3 Å². The Morgan fingerprint density at radius 3 is 2.56 bits per heavy atom. The molecule has 0 saturated carbocycles. The van der Waals surface area contributed by atoms with Crippen molar-refractivity contribution >= 4 is 5.91 Å². The van der Waals surface area contributed by atoms with E-state index in [0.717, 1.165) is 6.07 Å². The van der Waals surface area contributed by atoms with Gasteiger partial charge in [-0.05, 0) is 33.0 Å². The lowest BCUT2D eigenvalue weighted by Crippen LogP contribution is -2.43. The van der Waals surface area contributed by atoms with Crippen LogP contribution in [0.1, 0.15) is 29.8 Å². The fourth-order valence-corrected chi connectivity index (χ4v) is 1.42. The molecule has 0 saturated heterocycles. The second-order valence-electron chi connectivity index (χ2n) is 5.00. The van der Waals surface area contributed by atoms with Crippen molar-refractivity contribution in [2.24, 2.45) is 5.73 Å². The second kappa shape index (κ2) is 5.46. The highest BCUT2D eigenvalue weighted by Gasteiger charge is 2.23. The van der Waals surface area contributed by atoms with Gasteiger partial charge in [0.05, 0.1) is 6.61 Å². The molecule has 0 atom stereocenters. The molecule has 0 aliphatic rings. The average molecular weight is 254 g/mol. The van der Waals surface area contributed by atoms with E-state index in [9.17, 15) is 14.3 Å². The zero-order chi connectivity index (χ0) is 13.9. The maximum absolute atomic E-state index is 13.8. The largest absolute Gasteiger partial charge is 0.394 e. The molecule has 0 aromatic heterocycles. The van der Waals surface area contributed by atoms with E-state index >= 15 is 0 Å². The monoisotopic (exact) mass is 254 g/mol. The number of nitrogens with zero attached hydrogens (tertiary/aromatic N) is 1. The molecule has 18 heavy (non-hydrogen) atoms. The standard InChI is InChI=1S/C13H19FN2O2/c1-13(2,8-17)16(3)7-10-5-4-9(12(15)18)6-11(10)14/h4-6,17H,7-8H2,1-3H3,(H2,15,18). The number of hydrogen-bond donors (Lipinski definition) is 2. The number of carbonyl (C=O) groups excluding carboxylic acids is 1. The highest BCUT2D eigenvalue weighted by atomic mass is 19.1. The Balaban J connectivity index is 2.89. The molecule has 0 aliphatic heterocycles. The van der Waals surface area contributed by atoms with Crippen LogP contribution in [0.25, 0.3) is 0 Å². The van der Waals surface area contributed by atoms with Gasteiger partial charge in [0.15, 0.2) is 0 Å². The summed E-state index contributed by atoms with van der Waals surface area (Å²) in [7, 11) is 1.80. The normalized spacial score (nSPS) is 11.9. The Morgan fingerprint density at radius 1 is 1.50 bits per heavy atom. The fraction of sp³-hybridized carbons (Fsp3) is 0.462. The first kappa shape index (κ1) is 14.6. The van der Waals surface area contributed by atoms with Crippen molar-refractivity contribution in [3.8, 4) is 0 Å². The van der Waals surface area contributed by atoms with Crippen molar-refractivity contribution in [2.75, 3.05) is 13.7 Å². The first-order chi connectivity index (χ1) is 8.27. The third kappa shape index (κ3) is 3.27. The van der Waals surface area contributed by atoms with Gasteiger partial charge in [-0.3, -0.25) is 9.69 Å². The molecule has 0 heterocycles. The van der Waals surface area contributed by atoms with E-state index in [4.69, 9.17) is 5.73 Å². The Labute approximate surface area is 106 Å². The number of aliphatic hydroxyl groups excluding tert-OH is 1. The molecule has 0 bridgehead atoms. The summed E-state index contributed by atoms with van der Waals surface area (Å²) in [5.74, 6) is -1.11. The maximum atomic E-state index is 13.8. The lowest BCUT2D eigenvalue weighted by atomic mass is 10.0. The lowest BCUT2D eigenvalue weighted by Gasteiger charge is -2.34. The Kier molecular flexibility index (Phi) is 4.43. The van der Waals surface area contributed by atoms with Crippen LogP contribution in [0.15, 0.2) is 18.2 Å². The summed E-state index contributed by atoms with van der Waals surface area (Å²) in [6.07, 6.45) is 0. The molecule has 1 aromatic carbocycles. The van der Waals surface area contributed by atoms with Gasteiger partial charge in [0.2, 0.25) is 5.91 Å². The topological polar surface area (TPSA) is 66.6 Å². The van der Waals surface area contributed by atoms with Crippen LogP contribution in [0, 0.1) is 5.82 Å². The summed E-state index contributed by atoms with van der Waals surface area (Å²) >= 11 is 0. The van der Waals surface area contributed by atoms with Crippen LogP contribution in [0.3, 0.4) is 0 Å². The number of nitrogens with two attached hydrogens (primary N) is 1. The number of aliphatic hydroxyl groups is 1. The molecule has 0 aliphatic carbocycles. The van der Waals surface area contributed by atoms with E-state index in [0.29, 0.717) is 12.1 Å². The lowest BCUT2D eigenvalue weighted by molar-refractivity contribution is 0.0725. The van der Waals surface area contributed by atoms with E-state index in [1.54, 1.807) is 13.1 Å². The number of carbonyl (C=O) groups is 1. The zero-order valence-electron chi connectivity index (χ0n) is 10.9. The fourth-order valence-electron chi connectivity index (χ4n) is 1.42. The number of primary amides is 1. The van der Waals surface area contributed by atoms with E-state index in [2.05, 4.69) is 0 Å². The van der Waals surface area contributed by atoms with Gasteiger partial charge in [0, 0.05) is 23.2 Å². The summed E-state index contributed by atoms with van der Waals surface area (Å²) in [6, 6.07) is 4.18. The summed E-state index contributed by atoms with van der Waals surface area (Å²) in [6.45, 7) is 4.05. The summed E-state index contributed by atoms with van der Waals surface area (Å²) in [5, 5.41) is 9.23. The van der Waals surface area contributed by atoms with Gasteiger partial charge in [-0.2, -0.15) is 0 Å². The zero-order valence-corrected chi connectivity index (χ0v) is 10.9. The van der Waals surface area contributed by atoms with E-state index in [1.165, 1.54) is 6.07 Å². The van der Waals surface area contributed by atoms with Gasteiger partial charge < -0.3 is 10.8 Å². The average Bonchev–Trinajstić information content (AvgIpc) is 2.31. The first-order valence-corrected chi connectivity index (χ1v) is 5.68. The summed E-state index contributed by atoms with van der Waals surface area (Å²) < 4.78 is 13.8. The SMILES string of the molecule is CN(Cc1ccc(C(N)=O)cc1F)C(C)(C)CO. The Bertz CT molecular complexity index is 447. The van der Waals surface area contributed by atoms with Gasteiger partial charge >= 0.3 is 0 Å². The molecule has 0 spiro atoms. The van der Waals surface area contributed by atoms with Gasteiger partial charge in [-0.15, -0.1) is 0 Å². The molecule has 4 nitrogen and oxygen atoms in total. The van der Waals surface area contributed by atoms with Crippen LogP contribution >= 0.6 is 0 Å². The molecule has 100 valence electrons. The van der Waals surface area contributed by atoms with Crippen LogP contribution in [-0.4, -0.2) is 35.1 Å². The number of halogens is 1. The number of likely N-dealkylation sites (N-methyl/N-ethyl adjacent to an activating group) is 1. The van der Waals surface area contributed by atoms with Crippen molar-refractivity contribution < 1.29 is 14.3 Å². The summed E-state index contributed by atoms with van der Waals surface area (Å²) in [4.78, 5) is 12.7. The second-order valence-corrected chi connectivity index (χ2v) is 5.00. The van der Waals surface area contributed by atoms with E-state index in [-0.39, 0.29) is 12.2 Å². The Morgan fingerprint density at radius 2 is 2.11 bits per heavy atom. The number of rotatable bonds is 5. The minimum atomic E-state index is -0.649. The van der Waals surface area contributed by atoms with E-state index in [1.807, 2.05) is 18.7 Å². The third-order valence-electron chi connectivity index (χ3n) is 3.17. The first-order valence-electron chi connectivity index (χ1n) is 5.68. The predicted octanol–water partition coefficient (Wildman–Crippen LogP) is 1.13. The van der Waals surface area contributed by atoms with Gasteiger partial charge in [0.25, 0.3) is 0 Å². The van der Waals surface area contributed by atoms with Crippen LogP contribution < -0.4 is 5.73 Å². The highest BCUT2D eigenvalue weighted by molar-refractivity contribution is 5.92. The van der Waals surface area contributed by atoms with Crippen molar-refractivity contribution in [1.82, 2.24) is 4.90 Å². The predicted molar refractivity (Wildman–Crippen MR) is 67.5 cm³/mol. The minimum Gasteiger partial charge on any atom is -0.394 e. The molecular weight excluding hydrogens is 235 g/mol. The van der Waals surface area contributed by atoms with Crippen LogP contribution in [0.2, 0.25) is 0 Å².